The zero-order valence-corrected chi connectivity index (χ0v) is 11.1. The van der Waals surface area contributed by atoms with Crippen LogP contribution in [0.4, 0.5) is 11.4 Å². The van der Waals surface area contributed by atoms with Crippen molar-refractivity contribution in [3.63, 3.8) is 0 Å². The van der Waals surface area contributed by atoms with Gasteiger partial charge in [0.25, 0.3) is 0 Å². The van der Waals surface area contributed by atoms with Crippen LogP contribution >= 0.6 is 11.3 Å². The molecular weight excluding hydrogens is 250 g/mol. The molecule has 5 nitrogen and oxygen atoms in total. The number of nitrogens with two attached hydrogens (primary N) is 1. The van der Waals surface area contributed by atoms with Crippen LogP contribution in [0.1, 0.15) is 23.5 Å². The molecule has 0 bridgehead atoms. The molecule has 0 saturated heterocycles. The summed E-state index contributed by atoms with van der Waals surface area (Å²) in [5, 5.41) is 9.85. The Balaban J connectivity index is 2.72. The first-order chi connectivity index (χ1) is 8.60. The number of hydrogen-bond acceptors (Lipinski definition) is 5. The number of carboxylic acid groups (broad SMARTS) is 1. The highest BCUT2D eigenvalue weighted by Gasteiger charge is 2.20. The lowest BCUT2D eigenvalue weighted by molar-refractivity contribution is 0.0703. The third-order valence-electron chi connectivity index (χ3n) is 2.91. The van der Waals surface area contributed by atoms with Gasteiger partial charge in [-0.25, -0.2) is 9.78 Å². The summed E-state index contributed by atoms with van der Waals surface area (Å²) in [4.78, 5) is 18.3. The molecule has 96 valence electrons. The average molecular weight is 265 g/mol. The smallest absolute Gasteiger partial charge is 0.348 e. The van der Waals surface area contributed by atoms with Gasteiger partial charge in [-0.3, -0.25) is 0 Å². The van der Waals surface area contributed by atoms with E-state index in [1.165, 1.54) is 0 Å². The van der Waals surface area contributed by atoms with E-state index in [1.54, 1.807) is 6.20 Å². The van der Waals surface area contributed by atoms with E-state index in [1.807, 2.05) is 6.07 Å². The lowest BCUT2D eigenvalue weighted by Gasteiger charge is -2.21. The van der Waals surface area contributed by atoms with Gasteiger partial charge in [-0.1, -0.05) is 0 Å². The maximum Gasteiger partial charge on any atom is 0.348 e. The van der Waals surface area contributed by atoms with Gasteiger partial charge in [0.15, 0.2) is 0 Å². The number of carbonyl (C=O) groups is 1. The van der Waals surface area contributed by atoms with E-state index in [0.29, 0.717) is 10.5 Å². The summed E-state index contributed by atoms with van der Waals surface area (Å²) in [6, 6.07) is 1.88. The molecule has 0 saturated carbocycles. The number of hydrogen-bond donors (Lipinski definition) is 2. The fourth-order valence-corrected chi connectivity index (χ4v) is 2.94. The summed E-state index contributed by atoms with van der Waals surface area (Å²) >= 11 is 1.12. The molecule has 0 unspecified atom stereocenters. The van der Waals surface area contributed by atoms with Crippen molar-refractivity contribution in [2.24, 2.45) is 0 Å². The van der Waals surface area contributed by atoms with Crippen LogP contribution < -0.4 is 10.6 Å². The van der Waals surface area contributed by atoms with Gasteiger partial charge in [0.05, 0.1) is 16.8 Å². The van der Waals surface area contributed by atoms with E-state index in [2.05, 4.69) is 23.7 Å². The van der Waals surface area contributed by atoms with Crippen LogP contribution in [-0.4, -0.2) is 29.1 Å². The number of nitrogen functional groups attached to an aromatic ring is 1. The quantitative estimate of drug-likeness (QED) is 0.887. The molecule has 0 amide bonds. The molecule has 0 aliphatic rings. The number of fused-ring (bicyclic) bond motifs is 1. The summed E-state index contributed by atoms with van der Waals surface area (Å²) < 4.78 is 0. The molecule has 2 rings (SSSR count). The lowest BCUT2D eigenvalue weighted by atomic mass is 10.2. The number of nitrogens with zero attached hydrogens (tertiary/aromatic N) is 2. The van der Waals surface area contributed by atoms with Crippen LogP contribution in [-0.2, 0) is 0 Å². The van der Waals surface area contributed by atoms with Crippen LogP contribution in [0.15, 0.2) is 12.3 Å². The molecule has 6 heteroatoms. The van der Waals surface area contributed by atoms with E-state index < -0.39 is 5.97 Å². The summed E-state index contributed by atoms with van der Waals surface area (Å²) in [6.07, 6.45) is 1.69. The van der Waals surface area contributed by atoms with E-state index in [0.717, 1.165) is 35.5 Å². The normalized spacial score (nSPS) is 10.8. The molecule has 3 N–H and O–H groups in total. The number of pyridine rings is 1. The van der Waals surface area contributed by atoms with Crippen LogP contribution in [0.5, 0.6) is 0 Å². The van der Waals surface area contributed by atoms with Crippen LogP contribution in [0.3, 0.4) is 0 Å². The number of carboxylic acids is 1. The Hall–Kier alpha value is -1.82. The number of aromatic nitrogens is 1. The van der Waals surface area contributed by atoms with Gasteiger partial charge < -0.3 is 15.7 Å². The third-order valence-corrected chi connectivity index (χ3v) is 4.01. The molecule has 0 spiro atoms. The van der Waals surface area contributed by atoms with E-state index in [9.17, 15) is 4.79 Å². The van der Waals surface area contributed by atoms with Crippen molar-refractivity contribution >= 4 is 38.9 Å². The zero-order chi connectivity index (χ0) is 13.3. The Bertz CT molecular complexity index is 590. The highest BCUT2D eigenvalue weighted by atomic mass is 32.1. The lowest BCUT2D eigenvalue weighted by Crippen LogP contribution is -2.22. The molecular formula is C12H15N3O2S. The summed E-state index contributed by atoms with van der Waals surface area (Å²) in [7, 11) is 0. The molecule has 18 heavy (non-hydrogen) atoms. The Kier molecular flexibility index (Phi) is 3.38. The maximum atomic E-state index is 11.1. The molecule has 2 aromatic heterocycles. The minimum absolute atomic E-state index is 0.164. The van der Waals surface area contributed by atoms with Crippen molar-refractivity contribution in [3.05, 3.63) is 17.1 Å². The van der Waals surface area contributed by atoms with Gasteiger partial charge in [-0.2, -0.15) is 0 Å². The molecule has 0 aliphatic heterocycles. The third kappa shape index (κ3) is 1.88. The molecule has 2 heterocycles. The van der Waals surface area contributed by atoms with Crippen LogP contribution in [0, 0.1) is 0 Å². The highest BCUT2D eigenvalue weighted by molar-refractivity contribution is 7.21. The number of aromatic carboxylic acids is 1. The summed E-state index contributed by atoms with van der Waals surface area (Å²) in [6.45, 7) is 5.79. The predicted octanol–water partition coefficient (Wildman–Crippen LogP) is 2.42. The fraction of sp³-hybridized carbons (Fsp3) is 0.333. The van der Waals surface area contributed by atoms with Crippen molar-refractivity contribution in [2.75, 3.05) is 23.7 Å². The van der Waals surface area contributed by atoms with Gasteiger partial charge in [-0.15, -0.1) is 11.3 Å². The first-order valence-corrected chi connectivity index (χ1v) is 6.57. The van der Waals surface area contributed by atoms with Gasteiger partial charge in [0.1, 0.15) is 9.71 Å². The van der Waals surface area contributed by atoms with Crippen LogP contribution in [0.25, 0.3) is 10.2 Å². The Morgan fingerprint density at radius 3 is 2.72 bits per heavy atom. The molecule has 0 fully saturated rings. The van der Waals surface area contributed by atoms with E-state index >= 15 is 0 Å². The highest BCUT2D eigenvalue weighted by Crippen LogP contribution is 2.38. The Morgan fingerprint density at radius 2 is 2.17 bits per heavy atom. The average Bonchev–Trinajstić information content (AvgIpc) is 2.69. The molecule has 2 aromatic rings. The molecule has 0 aliphatic carbocycles. The van der Waals surface area contributed by atoms with Gasteiger partial charge in [-0.05, 0) is 19.9 Å². The number of thiophene rings is 1. The molecule has 0 atom stereocenters. The van der Waals surface area contributed by atoms with Gasteiger partial charge >= 0.3 is 5.97 Å². The first-order valence-electron chi connectivity index (χ1n) is 5.75. The minimum atomic E-state index is -0.999. The predicted molar refractivity (Wildman–Crippen MR) is 74.6 cm³/mol. The van der Waals surface area contributed by atoms with Gasteiger partial charge in [0.2, 0.25) is 0 Å². The number of rotatable bonds is 4. The van der Waals surface area contributed by atoms with Crippen molar-refractivity contribution in [1.29, 1.82) is 0 Å². The monoisotopic (exact) mass is 265 g/mol. The Morgan fingerprint density at radius 1 is 1.50 bits per heavy atom. The standard InChI is InChI=1S/C12H15N3O2S/c1-3-15(4-2)7-5-6-14-11-8(7)9(13)10(18-11)12(16)17/h5-6H,3-4,13H2,1-2H3,(H,16,17). The van der Waals surface area contributed by atoms with Crippen molar-refractivity contribution in [3.8, 4) is 0 Å². The first kappa shape index (κ1) is 12.6. The second-order valence-electron chi connectivity index (χ2n) is 3.83. The topological polar surface area (TPSA) is 79.5 Å². The zero-order valence-electron chi connectivity index (χ0n) is 10.3. The fourth-order valence-electron chi connectivity index (χ4n) is 2.02. The second kappa shape index (κ2) is 4.81. The van der Waals surface area contributed by atoms with E-state index in [-0.39, 0.29) is 4.88 Å². The Labute approximate surface area is 109 Å². The second-order valence-corrected chi connectivity index (χ2v) is 4.83. The maximum absolute atomic E-state index is 11.1. The SMILES string of the molecule is CCN(CC)c1ccnc2sc(C(=O)O)c(N)c12. The summed E-state index contributed by atoms with van der Waals surface area (Å²) in [5.74, 6) is -0.999. The van der Waals surface area contributed by atoms with Crippen LogP contribution in [0.2, 0.25) is 0 Å². The van der Waals surface area contributed by atoms with Crippen molar-refractivity contribution in [2.45, 2.75) is 13.8 Å². The largest absolute Gasteiger partial charge is 0.477 e. The van der Waals surface area contributed by atoms with Gasteiger partial charge in [0, 0.05) is 19.3 Å². The van der Waals surface area contributed by atoms with Crippen molar-refractivity contribution < 1.29 is 9.90 Å². The van der Waals surface area contributed by atoms with Crippen molar-refractivity contribution in [1.82, 2.24) is 4.98 Å². The van der Waals surface area contributed by atoms with E-state index in [4.69, 9.17) is 10.8 Å². The number of anilines is 2. The summed E-state index contributed by atoms with van der Waals surface area (Å²) in [5.41, 5.74) is 7.22. The minimum Gasteiger partial charge on any atom is -0.477 e. The molecule has 0 radical (unpaired) electrons. The molecule has 0 aromatic carbocycles.